The molecule has 2 aromatic rings. The van der Waals surface area contributed by atoms with Crippen LogP contribution in [0.15, 0.2) is 42.5 Å². The predicted molar refractivity (Wildman–Crippen MR) is 112 cm³/mol. The Balaban J connectivity index is 1.54. The highest BCUT2D eigenvalue weighted by Crippen LogP contribution is 2.18. The molecule has 6 heteroatoms. The third kappa shape index (κ3) is 5.81. The summed E-state index contributed by atoms with van der Waals surface area (Å²) in [7, 11) is 1.74. The molecule has 0 radical (unpaired) electrons. The molecule has 1 saturated heterocycles. The van der Waals surface area contributed by atoms with E-state index >= 15 is 0 Å². The molecule has 3 rings (SSSR count). The summed E-state index contributed by atoms with van der Waals surface area (Å²) in [5.41, 5.74) is 3.40. The quantitative estimate of drug-likeness (QED) is 0.777. The predicted octanol–water partition coefficient (Wildman–Crippen LogP) is 3.57. The maximum absolute atomic E-state index is 12.7. The summed E-state index contributed by atoms with van der Waals surface area (Å²) in [4.78, 5) is 26.5. The highest BCUT2D eigenvalue weighted by Gasteiger charge is 2.23. The molecule has 0 bridgehead atoms. The molecule has 1 aliphatic heterocycles. The standard InChI is InChI=1S/C23H28N2O4/c1-16-12-17(2)14-20(13-16)28-11-9-25(3)23(27)18-6-4-7-19(15-18)24-22(26)21-8-5-10-29-21/h4,6-7,12-15,21H,5,8-11H2,1-3H3,(H,24,26)/t21-/m1/s1. The van der Waals surface area contributed by atoms with Crippen LogP contribution in [0.1, 0.15) is 34.3 Å². The number of ether oxygens (including phenoxy) is 2. The molecule has 1 N–H and O–H groups in total. The number of hydrogen-bond donors (Lipinski definition) is 1. The molecule has 6 nitrogen and oxygen atoms in total. The minimum Gasteiger partial charge on any atom is -0.492 e. The Hall–Kier alpha value is -2.86. The second kappa shape index (κ2) is 9.56. The van der Waals surface area contributed by atoms with Gasteiger partial charge in [0.1, 0.15) is 18.5 Å². The number of carbonyl (C=O) groups excluding carboxylic acids is 2. The fourth-order valence-electron chi connectivity index (χ4n) is 3.38. The molecule has 1 heterocycles. The summed E-state index contributed by atoms with van der Waals surface area (Å²) >= 11 is 0. The van der Waals surface area contributed by atoms with Crippen LogP contribution in [-0.2, 0) is 9.53 Å². The highest BCUT2D eigenvalue weighted by atomic mass is 16.5. The molecule has 0 aromatic heterocycles. The molecule has 0 spiro atoms. The summed E-state index contributed by atoms with van der Waals surface area (Å²) in [6.07, 6.45) is 1.22. The first kappa shape index (κ1) is 20.9. The van der Waals surface area contributed by atoms with Crippen molar-refractivity contribution in [2.45, 2.75) is 32.8 Å². The fourth-order valence-corrected chi connectivity index (χ4v) is 3.38. The minimum atomic E-state index is -0.403. The van der Waals surface area contributed by atoms with Gasteiger partial charge >= 0.3 is 0 Å². The van der Waals surface area contributed by atoms with Crippen LogP contribution in [0.4, 0.5) is 5.69 Å². The lowest BCUT2D eigenvalue weighted by atomic mass is 10.1. The Morgan fingerprint density at radius 1 is 1.17 bits per heavy atom. The van der Waals surface area contributed by atoms with Crippen molar-refractivity contribution in [1.29, 1.82) is 0 Å². The Labute approximate surface area is 171 Å². The number of likely N-dealkylation sites (N-methyl/N-ethyl adjacent to an activating group) is 1. The average molecular weight is 396 g/mol. The zero-order valence-electron chi connectivity index (χ0n) is 17.2. The monoisotopic (exact) mass is 396 g/mol. The van der Waals surface area contributed by atoms with Crippen molar-refractivity contribution in [3.8, 4) is 5.75 Å². The van der Waals surface area contributed by atoms with E-state index in [9.17, 15) is 9.59 Å². The van der Waals surface area contributed by atoms with Crippen molar-refractivity contribution in [1.82, 2.24) is 4.90 Å². The van der Waals surface area contributed by atoms with E-state index in [4.69, 9.17) is 9.47 Å². The summed E-state index contributed by atoms with van der Waals surface area (Å²) in [6, 6.07) is 13.0. The van der Waals surface area contributed by atoms with Gasteiger partial charge in [-0.2, -0.15) is 0 Å². The van der Waals surface area contributed by atoms with E-state index in [0.717, 1.165) is 29.7 Å². The number of benzene rings is 2. The van der Waals surface area contributed by atoms with Gasteiger partial charge in [0.25, 0.3) is 11.8 Å². The van der Waals surface area contributed by atoms with E-state index < -0.39 is 6.10 Å². The minimum absolute atomic E-state index is 0.123. The van der Waals surface area contributed by atoms with E-state index in [0.29, 0.717) is 31.0 Å². The highest BCUT2D eigenvalue weighted by molar-refractivity contribution is 5.98. The lowest BCUT2D eigenvalue weighted by molar-refractivity contribution is -0.124. The van der Waals surface area contributed by atoms with Gasteiger partial charge < -0.3 is 19.7 Å². The van der Waals surface area contributed by atoms with E-state index in [-0.39, 0.29) is 11.8 Å². The second-order valence-electron chi connectivity index (χ2n) is 7.47. The van der Waals surface area contributed by atoms with E-state index in [1.54, 1.807) is 36.2 Å². The Morgan fingerprint density at radius 2 is 1.93 bits per heavy atom. The summed E-state index contributed by atoms with van der Waals surface area (Å²) in [6.45, 7) is 5.53. The van der Waals surface area contributed by atoms with Crippen molar-refractivity contribution in [2.24, 2.45) is 0 Å². The zero-order chi connectivity index (χ0) is 20.8. The molecule has 1 atom stereocenters. The van der Waals surface area contributed by atoms with Crippen LogP contribution in [-0.4, -0.2) is 49.6 Å². The SMILES string of the molecule is Cc1cc(C)cc(OCCN(C)C(=O)c2cccc(NC(=O)[C@H]3CCCO3)c2)c1. The van der Waals surface area contributed by atoms with Gasteiger partial charge in [0.2, 0.25) is 0 Å². The maximum atomic E-state index is 12.7. The molecule has 154 valence electrons. The molecule has 2 amide bonds. The normalized spacial score (nSPS) is 15.8. The first-order chi connectivity index (χ1) is 13.9. The first-order valence-corrected chi connectivity index (χ1v) is 9.91. The smallest absolute Gasteiger partial charge is 0.253 e. The van der Waals surface area contributed by atoms with Crippen molar-refractivity contribution in [3.05, 3.63) is 59.2 Å². The van der Waals surface area contributed by atoms with Crippen molar-refractivity contribution in [2.75, 3.05) is 32.1 Å². The molecule has 0 unspecified atom stereocenters. The van der Waals surface area contributed by atoms with Crippen molar-refractivity contribution in [3.63, 3.8) is 0 Å². The second-order valence-corrected chi connectivity index (χ2v) is 7.47. The van der Waals surface area contributed by atoms with Gasteiger partial charge in [-0.1, -0.05) is 12.1 Å². The van der Waals surface area contributed by atoms with Crippen LogP contribution < -0.4 is 10.1 Å². The van der Waals surface area contributed by atoms with Crippen LogP contribution >= 0.6 is 0 Å². The van der Waals surface area contributed by atoms with Gasteiger partial charge in [-0.3, -0.25) is 9.59 Å². The maximum Gasteiger partial charge on any atom is 0.253 e. The Bertz CT molecular complexity index is 855. The number of carbonyl (C=O) groups is 2. The van der Waals surface area contributed by atoms with Gasteiger partial charge in [-0.05, 0) is 68.1 Å². The van der Waals surface area contributed by atoms with Gasteiger partial charge in [0, 0.05) is 24.9 Å². The number of nitrogens with zero attached hydrogens (tertiary/aromatic N) is 1. The third-order valence-electron chi connectivity index (χ3n) is 4.84. The van der Waals surface area contributed by atoms with E-state index in [2.05, 4.69) is 11.4 Å². The third-order valence-corrected chi connectivity index (χ3v) is 4.84. The molecular weight excluding hydrogens is 368 g/mol. The molecular formula is C23H28N2O4. The van der Waals surface area contributed by atoms with Crippen molar-refractivity contribution >= 4 is 17.5 Å². The first-order valence-electron chi connectivity index (χ1n) is 9.91. The number of hydrogen-bond acceptors (Lipinski definition) is 4. The molecule has 0 aliphatic carbocycles. The van der Waals surface area contributed by atoms with E-state index in [1.807, 2.05) is 26.0 Å². The van der Waals surface area contributed by atoms with Gasteiger partial charge in [-0.15, -0.1) is 0 Å². The topological polar surface area (TPSA) is 67.9 Å². The number of nitrogens with one attached hydrogen (secondary N) is 1. The summed E-state index contributed by atoms with van der Waals surface area (Å²) in [5, 5.41) is 2.83. The average Bonchev–Trinajstić information content (AvgIpc) is 3.22. The van der Waals surface area contributed by atoms with Gasteiger partial charge in [0.15, 0.2) is 0 Å². The number of rotatable bonds is 7. The fraction of sp³-hybridized carbons (Fsp3) is 0.391. The summed E-state index contributed by atoms with van der Waals surface area (Å²) < 4.78 is 11.2. The summed E-state index contributed by atoms with van der Waals surface area (Å²) in [5.74, 6) is 0.520. The molecule has 0 saturated carbocycles. The zero-order valence-corrected chi connectivity index (χ0v) is 17.2. The Morgan fingerprint density at radius 3 is 2.62 bits per heavy atom. The van der Waals surface area contributed by atoms with Crippen LogP contribution in [0.2, 0.25) is 0 Å². The van der Waals surface area contributed by atoms with Crippen LogP contribution in [0.3, 0.4) is 0 Å². The van der Waals surface area contributed by atoms with Crippen LogP contribution in [0, 0.1) is 13.8 Å². The number of amides is 2. The van der Waals surface area contributed by atoms with Gasteiger partial charge in [0.05, 0.1) is 6.54 Å². The molecule has 1 fully saturated rings. The van der Waals surface area contributed by atoms with Gasteiger partial charge in [-0.25, -0.2) is 0 Å². The number of aryl methyl sites for hydroxylation is 2. The van der Waals surface area contributed by atoms with Crippen LogP contribution in [0.5, 0.6) is 5.75 Å². The van der Waals surface area contributed by atoms with Crippen LogP contribution in [0.25, 0.3) is 0 Å². The lowest BCUT2D eigenvalue weighted by Crippen LogP contribution is -2.31. The lowest BCUT2D eigenvalue weighted by Gasteiger charge is -2.18. The Kier molecular flexibility index (Phi) is 6.88. The number of anilines is 1. The molecule has 2 aromatic carbocycles. The van der Waals surface area contributed by atoms with E-state index in [1.165, 1.54) is 0 Å². The molecule has 29 heavy (non-hydrogen) atoms. The van der Waals surface area contributed by atoms with Crippen molar-refractivity contribution < 1.29 is 19.1 Å². The largest absolute Gasteiger partial charge is 0.492 e. The molecule has 1 aliphatic rings.